The van der Waals surface area contributed by atoms with Gasteiger partial charge >= 0.3 is 0 Å². The quantitative estimate of drug-likeness (QED) is 0.728. The van der Waals surface area contributed by atoms with Gasteiger partial charge < -0.3 is 14.3 Å². The molecule has 0 aliphatic carbocycles. The SMILES string of the molecule is Cc1onc(-c2ccccc2)c1C(=O)N1CCN(c2cc[nH+]cc2)CC1. The van der Waals surface area contributed by atoms with Gasteiger partial charge in [-0.05, 0) is 6.92 Å². The average molecular weight is 349 g/mol. The topological polar surface area (TPSA) is 63.7 Å². The molecule has 0 atom stereocenters. The Morgan fingerprint density at radius 3 is 2.42 bits per heavy atom. The minimum Gasteiger partial charge on any atom is -0.368 e. The summed E-state index contributed by atoms with van der Waals surface area (Å²) in [6.45, 7) is 4.76. The molecule has 1 fully saturated rings. The lowest BCUT2D eigenvalue weighted by Crippen LogP contribution is -2.49. The molecular formula is C20H21N4O2+. The van der Waals surface area contributed by atoms with Crippen LogP contribution in [0.25, 0.3) is 11.3 Å². The van der Waals surface area contributed by atoms with Crippen LogP contribution >= 0.6 is 0 Å². The number of H-pyrrole nitrogens is 1. The van der Waals surface area contributed by atoms with Gasteiger partial charge in [-0.3, -0.25) is 4.79 Å². The molecule has 1 aliphatic heterocycles. The Kier molecular flexibility index (Phi) is 4.39. The zero-order chi connectivity index (χ0) is 17.9. The van der Waals surface area contributed by atoms with Gasteiger partial charge in [0.05, 0.1) is 0 Å². The summed E-state index contributed by atoms with van der Waals surface area (Å²) in [7, 11) is 0. The molecule has 6 heteroatoms. The molecule has 0 unspecified atom stereocenters. The van der Waals surface area contributed by atoms with E-state index in [1.54, 1.807) is 6.92 Å². The lowest BCUT2D eigenvalue weighted by molar-refractivity contribution is -0.377. The number of aromatic nitrogens is 2. The summed E-state index contributed by atoms with van der Waals surface area (Å²) in [4.78, 5) is 20.3. The van der Waals surface area contributed by atoms with Crippen LogP contribution in [0.5, 0.6) is 0 Å². The van der Waals surface area contributed by atoms with Crippen molar-refractivity contribution in [3.05, 3.63) is 66.2 Å². The van der Waals surface area contributed by atoms with Crippen LogP contribution in [0.1, 0.15) is 16.1 Å². The van der Waals surface area contributed by atoms with Gasteiger partial charge in [-0.25, -0.2) is 4.98 Å². The van der Waals surface area contributed by atoms with E-state index < -0.39 is 0 Å². The number of carbonyl (C=O) groups excluding carboxylic acids is 1. The van der Waals surface area contributed by atoms with Crippen LogP contribution in [0.4, 0.5) is 5.69 Å². The molecule has 0 bridgehead atoms. The number of nitrogens with zero attached hydrogens (tertiary/aromatic N) is 3. The van der Waals surface area contributed by atoms with E-state index in [1.165, 1.54) is 5.69 Å². The average Bonchev–Trinajstić information content (AvgIpc) is 3.10. The molecule has 26 heavy (non-hydrogen) atoms. The van der Waals surface area contributed by atoms with Crippen LogP contribution in [0.2, 0.25) is 0 Å². The van der Waals surface area contributed by atoms with E-state index in [0.29, 0.717) is 30.1 Å². The number of aromatic amines is 1. The fourth-order valence-corrected chi connectivity index (χ4v) is 3.33. The molecule has 1 saturated heterocycles. The van der Waals surface area contributed by atoms with Crippen LogP contribution in [-0.2, 0) is 0 Å². The molecule has 1 N–H and O–H groups in total. The Morgan fingerprint density at radius 2 is 1.73 bits per heavy atom. The standard InChI is InChI=1S/C20H20N4O2/c1-15-18(19(22-26-15)16-5-3-2-4-6-16)20(25)24-13-11-23(12-14-24)17-7-9-21-10-8-17/h2-10H,11-14H2,1H3/p+1. The van der Waals surface area contributed by atoms with E-state index in [1.807, 2.05) is 47.6 Å². The van der Waals surface area contributed by atoms with E-state index in [-0.39, 0.29) is 5.91 Å². The largest absolute Gasteiger partial charge is 0.368 e. The Morgan fingerprint density at radius 1 is 1.04 bits per heavy atom. The molecule has 6 nitrogen and oxygen atoms in total. The highest BCUT2D eigenvalue weighted by atomic mass is 16.5. The van der Waals surface area contributed by atoms with E-state index in [9.17, 15) is 4.79 Å². The third kappa shape index (κ3) is 3.06. The van der Waals surface area contributed by atoms with Crippen molar-refractivity contribution in [2.45, 2.75) is 6.92 Å². The molecule has 0 saturated carbocycles. The highest BCUT2D eigenvalue weighted by Gasteiger charge is 2.28. The smallest absolute Gasteiger partial charge is 0.259 e. The first kappa shape index (κ1) is 16.3. The molecular weight excluding hydrogens is 328 g/mol. The van der Waals surface area contributed by atoms with Crippen molar-refractivity contribution in [3.63, 3.8) is 0 Å². The van der Waals surface area contributed by atoms with Crippen molar-refractivity contribution >= 4 is 11.6 Å². The minimum atomic E-state index is -0.0105. The third-order valence-electron chi connectivity index (χ3n) is 4.76. The maximum Gasteiger partial charge on any atom is 0.259 e. The maximum atomic E-state index is 13.1. The number of carbonyl (C=O) groups is 1. The van der Waals surface area contributed by atoms with Gasteiger partial charge in [-0.2, -0.15) is 0 Å². The van der Waals surface area contributed by atoms with Gasteiger partial charge in [-0.1, -0.05) is 35.5 Å². The number of rotatable bonds is 3. The zero-order valence-electron chi connectivity index (χ0n) is 14.7. The second-order valence-corrected chi connectivity index (χ2v) is 6.37. The number of hydrogen-bond acceptors (Lipinski definition) is 4. The molecule has 1 aliphatic rings. The van der Waals surface area contributed by atoms with Gasteiger partial charge in [0.25, 0.3) is 5.91 Å². The monoisotopic (exact) mass is 349 g/mol. The van der Waals surface area contributed by atoms with Crippen molar-refractivity contribution in [3.8, 4) is 11.3 Å². The molecule has 4 rings (SSSR count). The number of amides is 1. The Hall–Kier alpha value is -3.15. The number of anilines is 1. The summed E-state index contributed by atoms with van der Waals surface area (Å²) >= 11 is 0. The van der Waals surface area contributed by atoms with Crippen molar-refractivity contribution in [1.82, 2.24) is 10.1 Å². The number of pyridine rings is 1. The molecule has 2 aromatic heterocycles. The highest BCUT2D eigenvalue weighted by molar-refractivity contribution is 6.00. The Balaban J connectivity index is 1.52. The van der Waals surface area contributed by atoms with E-state index in [2.05, 4.69) is 27.2 Å². The second kappa shape index (κ2) is 7.00. The van der Waals surface area contributed by atoms with Gasteiger partial charge in [0.15, 0.2) is 12.4 Å². The van der Waals surface area contributed by atoms with Crippen molar-refractivity contribution < 1.29 is 14.3 Å². The number of benzene rings is 1. The number of piperazine rings is 1. The maximum absolute atomic E-state index is 13.1. The summed E-state index contributed by atoms with van der Waals surface area (Å²) in [6, 6.07) is 13.8. The van der Waals surface area contributed by atoms with Gasteiger partial charge in [-0.15, -0.1) is 0 Å². The summed E-state index contributed by atoms with van der Waals surface area (Å²) in [6.07, 6.45) is 3.83. The molecule has 1 aromatic carbocycles. The summed E-state index contributed by atoms with van der Waals surface area (Å²) in [5.41, 5.74) is 3.25. The molecule has 0 radical (unpaired) electrons. The van der Waals surface area contributed by atoms with Crippen molar-refractivity contribution in [2.24, 2.45) is 0 Å². The minimum absolute atomic E-state index is 0.0105. The van der Waals surface area contributed by atoms with Crippen LogP contribution in [-0.4, -0.2) is 42.1 Å². The Bertz CT molecular complexity index is 885. The molecule has 3 aromatic rings. The highest BCUT2D eigenvalue weighted by Crippen LogP contribution is 2.27. The van der Waals surface area contributed by atoms with E-state index >= 15 is 0 Å². The van der Waals surface area contributed by atoms with Crippen LogP contribution in [0.15, 0.2) is 59.4 Å². The van der Waals surface area contributed by atoms with Crippen molar-refractivity contribution in [1.29, 1.82) is 0 Å². The lowest BCUT2D eigenvalue weighted by atomic mass is 10.0. The fraction of sp³-hybridized carbons (Fsp3) is 0.250. The van der Waals surface area contributed by atoms with Gasteiger partial charge in [0.1, 0.15) is 17.0 Å². The molecule has 132 valence electrons. The predicted molar refractivity (Wildman–Crippen MR) is 97.8 cm³/mol. The van der Waals surface area contributed by atoms with Crippen LogP contribution in [0.3, 0.4) is 0 Å². The second-order valence-electron chi connectivity index (χ2n) is 6.37. The van der Waals surface area contributed by atoms with E-state index in [0.717, 1.165) is 18.7 Å². The van der Waals surface area contributed by atoms with Gasteiger partial charge in [0, 0.05) is 49.6 Å². The molecule has 1 amide bonds. The van der Waals surface area contributed by atoms with Crippen molar-refractivity contribution in [2.75, 3.05) is 31.1 Å². The van der Waals surface area contributed by atoms with Gasteiger partial charge in [0.2, 0.25) is 0 Å². The fourth-order valence-electron chi connectivity index (χ4n) is 3.33. The lowest BCUT2D eigenvalue weighted by Gasteiger charge is -2.35. The summed E-state index contributed by atoms with van der Waals surface area (Å²) < 4.78 is 5.34. The summed E-state index contributed by atoms with van der Waals surface area (Å²) in [5, 5.41) is 4.13. The first-order valence-corrected chi connectivity index (χ1v) is 8.76. The number of hydrogen-bond donors (Lipinski definition) is 0. The molecule has 0 spiro atoms. The third-order valence-corrected chi connectivity index (χ3v) is 4.76. The number of nitrogens with one attached hydrogen (secondary N) is 1. The zero-order valence-corrected chi connectivity index (χ0v) is 14.7. The number of aryl methyl sites for hydroxylation is 1. The van der Waals surface area contributed by atoms with E-state index in [4.69, 9.17) is 4.52 Å². The Labute approximate surface area is 152 Å². The predicted octanol–water partition coefficient (Wildman–Crippen LogP) is 2.43. The molecule has 3 heterocycles. The van der Waals surface area contributed by atoms with Crippen LogP contribution < -0.4 is 9.88 Å². The first-order valence-electron chi connectivity index (χ1n) is 8.76. The normalized spacial score (nSPS) is 14.5. The summed E-state index contributed by atoms with van der Waals surface area (Å²) in [5.74, 6) is 0.554. The van der Waals surface area contributed by atoms with Crippen LogP contribution in [0, 0.1) is 6.92 Å². The first-order chi connectivity index (χ1) is 12.7.